The molecule has 6 nitrogen and oxygen atoms in total. The standard InChI is InChI=1S/C12H13N3O3/c1-3-18-12(17)10-7-11-9(13-8(2)16)5-4-6-15(11)14-10/h4-7H,3H2,1-2H3,(H,13,16). The van der Waals surface area contributed by atoms with E-state index >= 15 is 0 Å². The van der Waals surface area contributed by atoms with Gasteiger partial charge >= 0.3 is 5.97 Å². The van der Waals surface area contributed by atoms with Crippen molar-refractivity contribution in [3.05, 3.63) is 30.1 Å². The summed E-state index contributed by atoms with van der Waals surface area (Å²) in [6, 6.07) is 5.07. The molecule has 2 aromatic rings. The molecule has 2 heterocycles. The number of pyridine rings is 1. The van der Waals surface area contributed by atoms with Gasteiger partial charge in [0, 0.05) is 19.2 Å². The highest BCUT2D eigenvalue weighted by Gasteiger charge is 2.13. The summed E-state index contributed by atoms with van der Waals surface area (Å²) in [6.45, 7) is 3.45. The van der Waals surface area contributed by atoms with Gasteiger partial charge in [0.25, 0.3) is 0 Å². The third-order valence-corrected chi connectivity index (χ3v) is 2.30. The van der Waals surface area contributed by atoms with E-state index in [1.54, 1.807) is 31.3 Å². The minimum absolute atomic E-state index is 0.179. The zero-order valence-corrected chi connectivity index (χ0v) is 10.1. The molecule has 0 aliphatic rings. The summed E-state index contributed by atoms with van der Waals surface area (Å²) in [7, 11) is 0. The van der Waals surface area contributed by atoms with E-state index in [1.807, 2.05) is 0 Å². The topological polar surface area (TPSA) is 72.7 Å². The van der Waals surface area contributed by atoms with Gasteiger partial charge in [-0.1, -0.05) is 0 Å². The lowest BCUT2D eigenvalue weighted by Crippen LogP contribution is -2.06. The molecule has 0 aromatic carbocycles. The summed E-state index contributed by atoms with van der Waals surface area (Å²) in [5, 5.41) is 6.77. The normalized spacial score (nSPS) is 10.3. The molecule has 0 saturated heterocycles. The number of rotatable bonds is 3. The lowest BCUT2D eigenvalue weighted by Gasteiger charge is -2.02. The zero-order chi connectivity index (χ0) is 13.1. The number of nitrogens with one attached hydrogen (secondary N) is 1. The van der Waals surface area contributed by atoms with Crippen LogP contribution in [-0.4, -0.2) is 28.1 Å². The largest absolute Gasteiger partial charge is 0.461 e. The predicted octanol–water partition coefficient (Wildman–Crippen LogP) is 1.47. The zero-order valence-electron chi connectivity index (χ0n) is 10.1. The van der Waals surface area contributed by atoms with Crippen molar-refractivity contribution in [1.29, 1.82) is 0 Å². The third-order valence-electron chi connectivity index (χ3n) is 2.30. The van der Waals surface area contributed by atoms with E-state index in [-0.39, 0.29) is 11.6 Å². The number of carbonyl (C=O) groups excluding carboxylic acids is 2. The first-order chi connectivity index (χ1) is 8.61. The summed E-state index contributed by atoms with van der Waals surface area (Å²) in [5.74, 6) is -0.656. The molecule has 0 spiro atoms. The highest BCUT2D eigenvalue weighted by molar-refractivity contribution is 5.95. The van der Waals surface area contributed by atoms with E-state index in [0.29, 0.717) is 17.8 Å². The van der Waals surface area contributed by atoms with E-state index in [2.05, 4.69) is 10.4 Å². The van der Waals surface area contributed by atoms with Gasteiger partial charge in [-0.3, -0.25) is 4.79 Å². The summed E-state index contributed by atoms with van der Waals surface area (Å²) < 4.78 is 6.40. The maximum absolute atomic E-state index is 11.6. The number of ether oxygens (including phenoxy) is 1. The van der Waals surface area contributed by atoms with Crippen LogP contribution in [0.1, 0.15) is 24.3 Å². The van der Waals surface area contributed by atoms with E-state index in [9.17, 15) is 9.59 Å². The highest BCUT2D eigenvalue weighted by atomic mass is 16.5. The molecule has 1 amide bonds. The Hall–Kier alpha value is -2.37. The average Bonchev–Trinajstić information content (AvgIpc) is 2.73. The lowest BCUT2D eigenvalue weighted by atomic mass is 10.3. The number of anilines is 1. The van der Waals surface area contributed by atoms with Crippen LogP contribution in [0, 0.1) is 0 Å². The Balaban J connectivity index is 2.44. The van der Waals surface area contributed by atoms with Crippen molar-refractivity contribution in [2.45, 2.75) is 13.8 Å². The number of hydrogen-bond donors (Lipinski definition) is 1. The van der Waals surface area contributed by atoms with Crippen LogP contribution in [-0.2, 0) is 9.53 Å². The molecular formula is C12H13N3O3. The number of hydrogen-bond acceptors (Lipinski definition) is 4. The number of nitrogens with zero attached hydrogens (tertiary/aromatic N) is 2. The van der Waals surface area contributed by atoms with Crippen molar-refractivity contribution in [1.82, 2.24) is 9.61 Å². The molecule has 0 bridgehead atoms. The second-order valence-corrected chi connectivity index (χ2v) is 3.68. The van der Waals surface area contributed by atoms with Crippen LogP contribution < -0.4 is 5.32 Å². The van der Waals surface area contributed by atoms with Gasteiger partial charge in [0.1, 0.15) is 0 Å². The lowest BCUT2D eigenvalue weighted by molar-refractivity contribution is -0.114. The van der Waals surface area contributed by atoms with Crippen molar-refractivity contribution in [3.63, 3.8) is 0 Å². The molecule has 18 heavy (non-hydrogen) atoms. The van der Waals surface area contributed by atoms with E-state index in [4.69, 9.17) is 4.74 Å². The van der Waals surface area contributed by atoms with Crippen molar-refractivity contribution in [2.24, 2.45) is 0 Å². The molecule has 0 unspecified atom stereocenters. The van der Waals surface area contributed by atoms with Crippen LogP contribution >= 0.6 is 0 Å². The fourth-order valence-electron chi connectivity index (χ4n) is 1.62. The minimum Gasteiger partial charge on any atom is -0.461 e. The smallest absolute Gasteiger partial charge is 0.358 e. The predicted molar refractivity (Wildman–Crippen MR) is 65.5 cm³/mol. The first-order valence-electron chi connectivity index (χ1n) is 5.55. The Kier molecular flexibility index (Phi) is 3.27. The molecule has 1 N–H and O–H groups in total. The highest BCUT2D eigenvalue weighted by Crippen LogP contribution is 2.18. The molecule has 0 saturated carbocycles. The summed E-state index contributed by atoms with van der Waals surface area (Å²) >= 11 is 0. The molecule has 0 fully saturated rings. The fourth-order valence-corrected chi connectivity index (χ4v) is 1.62. The van der Waals surface area contributed by atoms with Crippen LogP contribution in [0.4, 0.5) is 5.69 Å². The van der Waals surface area contributed by atoms with E-state index < -0.39 is 5.97 Å². The number of esters is 1. The minimum atomic E-state index is -0.477. The maximum Gasteiger partial charge on any atom is 0.358 e. The molecule has 0 atom stereocenters. The van der Waals surface area contributed by atoms with Gasteiger partial charge in [-0.2, -0.15) is 5.10 Å². The maximum atomic E-state index is 11.6. The fraction of sp³-hybridized carbons (Fsp3) is 0.250. The van der Waals surface area contributed by atoms with Crippen LogP contribution in [0.25, 0.3) is 5.52 Å². The van der Waals surface area contributed by atoms with Crippen molar-refractivity contribution >= 4 is 23.1 Å². The Morgan fingerprint density at radius 3 is 2.94 bits per heavy atom. The Labute approximate surface area is 104 Å². The second kappa shape index (κ2) is 4.87. The molecule has 94 valence electrons. The molecule has 2 rings (SSSR count). The summed E-state index contributed by atoms with van der Waals surface area (Å²) in [4.78, 5) is 22.6. The quantitative estimate of drug-likeness (QED) is 0.833. The SMILES string of the molecule is CCOC(=O)c1cc2c(NC(C)=O)cccn2n1. The van der Waals surface area contributed by atoms with Crippen LogP contribution in [0.15, 0.2) is 24.4 Å². The number of aromatic nitrogens is 2. The van der Waals surface area contributed by atoms with Gasteiger partial charge in [-0.15, -0.1) is 0 Å². The van der Waals surface area contributed by atoms with E-state index in [0.717, 1.165) is 0 Å². The molecule has 2 aromatic heterocycles. The Morgan fingerprint density at radius 1 is 1.50 bits per heavy atom. The van der Waals surface area contributed by atoms with Gasteiger partial charge in [0.05, 0.1) is 17.8 Å². The molecular weight excluding hydrogens is 234 g/mol. The van der Waals surface area contributed by atoms with Gasteiger partial charge in [-0.05, 0) is 19.1 Å². The summed E-state index contributed by atoms with van der Waals surface area (Å²) in [6.07, 6.45) is 1.70. The average molecular weight is 247 g/mol. The number of fused-ring (bicyclic) bond motifs is 1. The third kappa shape index (κ3) is 2.32. The van der Waals surface area contributed by atoms with Gasteiger partial charge < -0.3 is 10.1 Å². The molecule has 0 radical (unpaired) electrons. The van der Waals surface area contributed by atoms with Crippen LogP contribution in [0.3, 0.4) is 0 Å². The molecule has 0 aliphatic heterocycles. The number of amides is 1. The summed E-state index contributed by atoms with van der Waals surface area (Å²) in [5.41, 5.74) is 1.47. The van der Waals surface area contributed by atoms with Gasteiger partial charge in [0.15, 0.2) is 5.69 Å². The second-order valence-electron chi connectivity index (χ2n) is 3.68. The Bertz CT molecular complexity index is 604. The van der Waals surface area contributed by atoms with Gasteiger partial charge in [-0.25, -0.2) is 9.31 Å². The Morgan fingerprint density at radius 2 is 2.28 bits per heavy atom. The van der Waals surface area contributed by atoms with E-state index in [1.165, 1.54) is 11.4 Å². The van der Waals surface area contributed by atoms with Crippen molar-refractivity contribution < 1.29 is 14.3 Å². The van der Waals surface area contributed by atoms with Crippen LogP contribution in [0.2, 0.25) is 0 Å². The molecule has 0 aliphatic carbocycles. The first-order valence-corrected chi connectivity index (χ1v) is 5.55. The monoisotopic (exact) mass is 247 g/mol. The van der Waals surface area contributed by atoms with Crippen molar-refractivity contribution in [3.8, 4) is 0 Å². The first kappa shape index (κ1) is 12.1. The number of carbonyl (C=O) groups is 2. The van der Waals surface area contributed by atoms with Crippen LogP contribution in [0.5, 0.6) is 0 Å². The van der Waals surface area contributed by atoms with Crippen molar-refractivity contribution in [2.75, 3.05) is 11.9 Å². The molecule has 6 heteroatoms. The van der Waals surface area contributed by atoms with Gasteiger partial charge in [0.2, 0.25) is 5.91 Å².